The summed E-state index contributed by atoms with van der Waals surface area (Å²) in [5.41, 5.74) is 0.973. The highest BCUT2D eigenvalue weighted by Crippen LogP contribution is 2.21. The molecule has 0 radical (unpaired) electrons. The Morgan fingerprint density at radius 2 is 2.13 bits per heavy atom. The molecule has 1 aromatic carbocycles. The molecule has 1 aliphatic carbocycles. The Kier molecular flexibility index (Phi) is 5.04. The van der Waals surface area contributed by atoms with Crippen LogP contribution < -0.4 is 10.1 Å². The van der Waals surface area contributed by atoms with Gasteiger partial charge >= 0.3 is 0 Å². The van der Waals surface area contributed by atoms with Gasteiger partial charge in [0.2, 0.25) is 11.8 Å². The minimum absolute atomic E-state index is 0.0869. The van der Waals surface area contributed by atoms with Crippen molar-refractivity contribution in [2.45, 2.75) is 25.8 Å². The maximum Gasteiger partial charge on any atom is 0.220 e. The molecule has 1 N–H and O–H groups in total. The normalized spacial score (nSPS) is 16.3. The van der Waals surface area contributed by atoms with E-state index in [1.165, 1.54) is 0 Å². The standard InChI is InChI=1S/C19H20N2O2/c22-18(12-15-6-4-5-7-15)21-14-16-10-11-20-19(13-16)23-17-8-2-1-3-9-17/h1-4,6,8-11,13,15H,5,7,12,14H2,(H,21,22)/t15-/m0/s1. The number of nitrogens with zero attached hydrogens (tertiary/aromatic N) is 1. The number of carbonyl (C=O) groups excluding carboxylic acids is 1. The van der Waals surface area contributed by atoms with Crippen molar-refractivity contribution in [2.75, 3.05) is 0 Å². The lowest BCUT2D eigenvalue weighted by Crippen LogP contribution is -2.24. The number of hydrogen-bond acceptors (Lipinski definition) is 3. The van der Waals surface area contributed by atoms with Gasteiger partial charge in [0, 0.05) is 25.2 Å². The average molecular weight is 308 g/mol. The maximum atomic E-state index is 12.0. The molecule has 2 aromatic rings. The number of hydrogen-bond donors (Lipinski definition) is 1. The summed E-state index contributed by atoms with van der Waals surface area (Å²) in [6.45, 7) is 0.489. The van der Waals surface area contributed by atoms with Crippen molar-refractivity contribution >= 4 is 5.91 Å². The van der Waals surface area contributed by atoms with E-state index in [4.69, 9.17) is 4.74 Å². The SMILES string of the molecule is O=C(C[C@H]1C=CCC1)NCc1ccnc(Oc2ccccc2)c1. The van der Waals surface area contributed by atoms with Gasteiger partial charge in [-0.1, -0.05) is 30.4 Å². The summed E-state index contributed by atoms with van der Waals surface area (Å²) < 4.78 is 5.70. The van der Waals surface area contributed by atoms with Crippen molar-refractivity contribution in [3.8, 4) is 11.6 Å². The van der Waals surface area contributed by atoms with Crippen LogP contribution in [0.5, 0.6) is 11.6 Å². The van der Waals surface area contributed by atoms with Crippen molar-refractivity contribution in [1.29, 1.82) is 0 Å². The summed E-state index contributed by atoms with van der Waals surface area (Å²) in [6.07, 6.45) is 8.71. The number of ether oxygens (including phenoxy) is 1. The zero-order valence-corrected chi connectivity index (χ0v) is 12.9. The van der Waals surface area contributed by atoms with Gasteiger partial charge in [-0.3, -0.25) is 4.79 Å². The Bertz CT molecular complexity index is 683. The molecule has 0 bridgehead atoms. The van der Waals surface area contributed by atoms with Gasteiger partial charge in [0.1, 0.15) is 5.75 Å². The lowest BCUT2D eigenvalue weighted by molar-refractivity contribution is -0.121. The Balaban J connectivity index is 1.53. The first-order valence-electron chi connectivity index (χ1n) is 7.91. The van der Waals surface area contributed by atoms with E-state index in [-0.39, 0.29) is 5.91 Å². The van der Waals surface area contributed by atoms with Gasteiger partial charge in [-0.15, -0.1) is 0 Å². The van der Waals surface area contributed by atoms with Crippen molar-refractivity contribution in [3.05, 3.63) is 66.4 Å². The molecule has 118 valence electrons. The van der Waals surface area contributed by atoms with Gasteiger partial charge in [-0.05, 0) is 42.5 Å². The minimum atomic E-state index is 0.0869. The largest absolute Gasteiger partial charge is 0.439 e. The van der Waals surface area contributed by atoms with E-state index in [2.05, 4.69) is 22.5 Å². The molecule has 4 heteroatoms. The Labute approximate surface area is 136 Å². The molecule has 0 unspecified atom stereocenters. The number of allylic oxidation sites excluding steroid dienone is 2. The predicted octanol–water partition coefficient (Wildman–Crippen LogP) is 3.85. The molecule has 0 saturated heterocycles. The fraction of sp³-hybridized carbons (Fsp3) is 0.263. The number of para-hydroxylation sites is 1. The monoisotopic (exact) mass is 308 g/mol. The first-order valence-corrected chi connectivity index (χ1v) is 7.91. The molecule has 23 heavy (non-hydrogen) atoms. The Morgan fingerprint density at radius 1 is 1.26 bits per heavy atom. The van der Waals surface area contributed by atoms with Crippen LogP contribution in [0.2, 0.25) is 0 Å². The maximum absolute atomic E-state index is 12.0. The third kappa shape index (κ3) is 4.68. The van der Waals surface area contributed by atoms with Crippen LogP contribution >= 0.6 is 0 Å². The summed E-state index contributed by atoms with van der Waals surface area (Å²) in [5.74, 6) is 1.75. The van der Waals surface area contributed by atoms with E-state index in [0.717, 1.165) is 24.2 Å². The molecule has 1 amide bonds. The Morgan fingerprint density at radius 3 is 2.91 bits per heavy atom. The van der Waals surface area contributed by atoms with Crippen LogP contribution in [-0.2, 0) is 11.3 Å². The fourth-order valence-electron chi connectivity index (χ4n) is 2.60. The highest BCUT2D eigenvalue weighted by atomic mass is 16.5. The molecule has 0 aliphatic heterocycles. The molecule has 1 aliphatic rings. The smallest absolute Gasteiger partial charge is 0.220 e. The number of carbonyl (C=O) groups is 1. The highest BCUT2D eigenvalue weighted by Gasteiger charge is 2.13. The van der Waals surface area contributed by atoms with Crippen molar-refractivity contribution < 1.29 is 9.53 Å². The fourth-order valence-corrected chi connectivity index (χ4v) is 2.60. The van der Waals surface area contributed by atoms with E-state index in [9.17, 15) is 4.79 Å². The molecule has 4 nitrogen and oxygen atoms in total. The lowest BCUT2D eigenvalue weighted by Gasteiger charge is -2.10. The van der Waals surface area contributed by atoms with Gasteiger partial charge in [0.15, 0.2) is 0 Å². The van der Waals surface area contributed by atoms with Crippen LogP contribution in [0.15, 0.2) is 60.8 Å². The molecule has 1 aromatic heterocycles. The summed E-state index contributed by atoms with van der Waals surface area (Å²) in [6, 6.07) is 13.3. The molecule has 1 atom stereocenters. The second-order valence-electron chi connectivity index (χ2n) is 5.66. The van der Waals surface area contributed by atoms with E-state index in [0.29, 0.717) is 24.8 Å². The first-order chi connectivity index (χ1) is 11.3. The first kappa shape index (κ1) is 15.3. The van der Waals surface area contributed by atoms with Crippen LogP contribution in [0.1, 0.15) is 24.8 Å². The summed E-state index contributed by atoms with van der Waals surface area (Å²) in [7, 11) is 0. The van der Waals surface area contributed by atoms with E-state index in [1.54, 1.807) is 6.20 Å². The van der Waals surface area contributed by atoms with Gasteiger partial charge < -0.3 is 10.1 Å². The van der Waals surface area contributed by atoms with Crippen LogP contribution in [0.4, 0.5) is 0 Å². The molecule has 0 saturated carbocycles. The second-order valence-corrected chi connectivity index (χ2v) is 5.66. The number of rotatable bonds is 6. The third-order valence-electron chi connectivity index (χ3n) is 3.81. The number of amides is 1. The summed E-state index contributed by atoms with van der Waals surface area (Å²) >= 11 is 0. The predicted molar refractivity (Wildman–Crippen MR) is 89.1 cm³/mol. The average Bonchev–Trinajstić information content (AvgIpc) is 3.07. The van der Waals surface area contributed by atoms with Crippen LogP contribution in [0.25, 0.3) is 0 Å². The van der Waals surface area contributed by atoms with Gasteiger partial charge in [-0.2, -0.15) is 0 Å². The molecule has 0 fully saturated rings. The van der Waals surface area contributed by atoms with Crippen LogP contribution in [0.3, 0.4) is 0 Å². The second kappa shape index (κ2) is 7.58. The number of nitrogens with one attached hydrogen (secondary N) is 1. The van der Waals surface area contributed by atoms with Crippen molar-refractivity contribution in [3.63, 3.8) is 0 Å². The summed E-state index contributed by atoms with van der Waals surface area (Å²) in [5, 5.41) is 2.96. The lowest BCUT2D eigenvalue weighted by atomic mass is 10.1. The van der Waals surface area contributed by atoms with E-state index in [1.807, 2.05) is 42.5 Å². The number of pyridine rings is 1. The van der Waals surface area contributed by atoms with E-state index < -0.39 is 0 Å². The molecule has 1 heterocycles. The quantitative estimate of drug-likeness (QED) is 0.825. The van der Waals surface area contributed by atoms with Crippen LogP contribution in [0, 0.1) is 5.92 Å². The van der Waals surface area contributed by atoms with Gasteiger partial charge in [-0.25, -0.2) is 4.98 Å². The molecular formula is C19H20N2O2. The zero-order chi connectivity index (χ0) is 15.9. The van der Waals surface area contributed by atoms with Crippen molar-refractivity contribution in [1.82, 2.24) is 10.3 Å². The Hall–Kier alpha value is -2.62. The molecule has 3 rings (SSSR count). The van der Waals surface area contributed by atoms with Gasteiger partial charge in [0.05, 0.1) is 0 Å². The number of aromatic nitrogens is 1. The van der Waals surface area contributed by atoms with Crippen LogP contribution in [-0.4, -0.2) is 10.9 Å². The third-order valence-corrected chi connectivity index (χ3v) is 3.81. The summed E-state index contributed by atoms with van der Waals surface area (Å²) in [4.78, 5) is 16.2. The molecule has 0 spiro atoms. The highest BCUT2D eigenvalue weighted by molar-refractivity contribution is 5.76. The van der Waals surface area contributed by atoms with Crippen molar-refractivity contribution in [2.24, 2.45) is 5.92 Å². The zero-order valence-electron chi connectivity index (χ0n) is 12.9. The minimum Gasteiger partial charge on any atom is -0.439 e. The topological polar surface area (TPSA) is 51.2 Å². The van der Waals surface area contributed by atoms with Gasteiger partial charge in [0.25, 0.3) is 0 Å². The molecular weight excluding hydrogens is 288 g/mol. The van der Waals surface area contributed by atoms with E-state index >= 15 is 0 Å². The number of benzene rings is 1.